The minimum atomic E-state index is -1.30. The van der Waals surface area contributed by atoms with Gasteiger partial charge in [0.15, 0.2) is 5.96 Å². The van der Waals surface area contributed by atoms with Crippen LogP contribution in [0.5, 0.6) is 5.75 Å². The minimum absolute atomic E-state index is 0.000781. The maximum atomic E-state index is 13.9. The number of hydrogen-bond acceptors (Lipinski definition) is 13. The predicted octanol–water partition coefficient (Wildman–Crippen LogP) is -2.02. The highest BCUT2D eigenvalue weighted by Crippen LogP contribution is 2.24. The monoisotopic (exact) mass is 880 g/mol. The molecule has 1 aromatic carbocycles. The van der Waals surface area contributed by atoms with E-state index in [9.17, 15) is 48.6 Å². The number of aliphatic carboxylic acids is 1. The molecule has 1 aromatic rings. The third-order valence-electron chi connectivity index (χ3n) is 8.76. The number of benzene rings is 1. The highest BCUT2D eigenvalue weighted by atomic mass is 32.2. The Morgan fingerprint density at radius 2 is 1.51 bits per heavy atom. The fraction of sp³-hybridized carbons (Fsp3) is 0.615. The summed E-state index contributed by atoms with van der Waals surface area (Å²) < 4.78 is -0.317. The van der Waals surface area contributed by atoms with Crippen LogP contribution < -0.4 is 43.8 Å². The molecule has 1 heterocycles. The molecule has 61 heavy (non-hydrogen) atoms. The van der Waals surface area contributed by atoms with Crippen molar-refractivity contribution in [2.45, 2.75) is 121 Å². The van der Waals surface area contributed by atoms with E-state index in [1.54, 1.807) is 19.1 Å². The van der Waals surface area contributed by atoms with E-state index in [2.05, 4.69) is 31.6 Å². The molecule has 22 heteroatoms. The third kappa shape index (κ3) is 21.1. The summed E-state index contributed by atoms with van der Waals surface area (Å²) >= 11 is 1.40. The number of carboxylic acid groups (broad SMARTS) is 1. The Morgan fingerprint density at radius 3 is 2.03 bits per heavy atom. The number of nitrogens with zero attached hydrogens (tertiary/aromatic N) is 2. The molecule has 21 nitrogen and oxygen atoms in total. The molecule has 342 valence electrons. The Labute approximate surface area is 360 Å². The quantitative estimate of drug-likeness (QED) is 0.0259. The second-order valence-corrected chi connectivity index (χ2v) is 17.1. The van der Waals surface area contributed by atoms with Crippen LogP contribution in [-0.2, 0) is 44.8 Å². The summed E-state index contributed by atoms with van der Waals surface area (Å²) in [5, 5.41) is 40.2. The fourth-order valence-corrected chi connectivity index (χ4v) is 6.57. The topological polar surface area (TPSA) is 351 Å². The number of phenolic OH excluding ortho intramolecular Hbond substituents is 1. The first-order valence-electron chi connectivity index (χ1n) is 19.8. The number of aliphatic hydroxyl groups excluding tert-OH is 1. The average Bonchev–Trinajstić information content (AvgIpc) is 3.67. The van der Waals surface area contributed by atoms with Gasteiger partial charge in [-0.1, -0.05) is 32.9 Å². The molecule has 0 aliphatic carbocycles. The van der Waals surface area contributed by atoms with Gasteiger partial charge in [-0.15, -0.1) is 0 Å². The van der Waals surface area contributed by atoms with Crippen molar-refractivity contribution in [3.8, 4) is 5.75 Å². The Kier molecular flexibility index (Phi) is 23.4. The van der Waals surface area contributed by atoms with Gasteiger partial charge in [-0.25, -0.2) is 0 Å². The smallest absolute Gasteiger partial charge is 0.310 e. The standard InChI is InChI=1S/C35H58N10O8S.C4H6O3/c1-6-39-32(52)27-10-8-16-45(27)33(53)24(9-7-15-40-34(37)38)42-31(51)26(19-54-35(3,4)5)44-28(48)20(2)41-30(50)25(43-29(49)23(36)18-46)17-21-11-13-22(47)14-12-21;1-3(5)2-4(6)7/h11-14,20,23-27,46-47H,6-10,15-19,36H2,1-5H3,(H,39,52)(H,41,50)(H,42,51)(H,43,49)(H,44,48)(H4,37,38,40);2H2,1H3,(H,6,7)/t20-,23+,24+,25+,26+,27+;/m1./s1. The lowest BCUT2D eigenvalue weighted by Crippen LogP contribution is -2.60. The van der Waals surface area contributed by atoms with Gasteiger partial charge in [0.25, 0.3) is 0 Å². The predicted molar refractivity (Wildman–Crippen MR) is 229 cm³/mol. The van der Waals surface area contributed by atoms with Gasteiger partial charge in [-0.2, -0.15) is 11.8 Å². The Hall–Kier alpha value is -5.48. The minimum Gasteiger partial charge on any atom is -0.508 e. The zero-order chi connectivity index (χ0) is 46.4. The number of likely N-dealkylation sites (tertiary alicyclic amines) is 1. The number of aromatic hydroxyl groups is 1. The molecule has 1 saturated heterocycles. The molecule has 0 radical (unpaired) electrons. The number of nitrogens with one attached hydrogen (secondary N) is 5. The van der Waals surface area contributed by atoms with E-state index in [0.717, 1.165) is 0 Å². The van der Waals surface area contributed by atoms with E-state index in [-0.39, 0.29) is 59.7 Å². The van der Waals surface area contributed by atoms with Crippen molar-refractivity contribution in [3.05, 3.63) is 29.8 Å². The van der Waals surface area contributed by atoms with E-state index in [0.29, 0.717) is 37.9 Å². The summed E-state index contributed by atoms with van der Waals surface area (Å²) in [5.74, 6) is -5.01. The molecule has 6 atom stereocenters. The van der Waals surface area contributed by atoms with Crippen LogP contribution in [0.15, 0.2) is 29.3 Å². The van der Waals surface area contributed by atoms with Gasteiger partial charge in [0, 0.05) is 36.6 Å². The van der Waals surface area contributed by atoms with Crippen molar-refractivity contribution in [1.82, 2.24) is 31.5 Å². The summed E-state index contributed by atoms with van der Waals surface area (Å²) in [6, 6.07) is -0.669. The lowest BCUT2D eigenvalue weighted by Gasteiger charge is -2.30. The van der Waals surface area contributed by atoms with Gasteiger partial charge in [0.05, 0.1) is 6.61 Å². The van der Waals surface area contributed by atoms with Crippen LogP contribution in [0.3, 0.4) is 0 Å². The van der Waals surface area contributed by atoms with Crippen molar-refractivity contribution in [3.63, 3.8) is 0 Å². The number of rotatable bonds is 22. The van der Waals surface area contributed by atoms with Crippen molar-refractivity contribution < 1.29 is 53.7 Å². The first kappa shape index (κ1) is 53.5. The number of aliphatic imine (C=N–C) groups is 1. The average molecular weight is 881 g/mol. The van der Waals surface area contributed by atoms with E-state index in [1.165, 1.54) is 42.6 Å². The number of likely N-dealkylation sites (N-methyl/N-ethyl adjacent to an activating group) is 1. The summed E-state index contributed by atoms with van der Waals surface area (Å²) in [5.41, 5.74) is 17.1. The summed E-state index contributed by atoms with van der Waals surface area (Å²) in [6.07, 6.45) is 1.17. The van der Waals surface area contributed by atoms with E-state index in [4.69, 9.17) is 22.3 Å². The van der Waals surface area contributed by atoms with Gasteiger partial charge in [-0.3, -0.25) is 43.3 Å². The van der Waals surface area contributed by atoms with Gasteiger partial charge in [0.2, 0.25) is 35.4 Å². The number of guanidine groups is 1. The number of carbonyl (C=O) groups is 8. The number of phenols is 1. The Morgan fingerprint density at radius 1 is 0.918 bits per heavy atom. The van der Waals surface area contributed by atoms with Gasteiger partial charge < -0.3 is 64.0 Å². The maximum absolute atomic E-state index is 13.9. The highest BCUT2D eigenvalue weighted by Gasteiger charge is 2.38. The van der Waals surface area contributed by atoms with E-state index < -0.39 is 78.4 Å². The van der Waals surface area contributed by atoms with Crippen LogP contribution in [0, 0.1) is 0 Å². The molecule has 2 rings (SSSR count). The lowest BCUT2D eigenvalue weighted by molar-refractivity contribution is -0.142. The Bertz CT molecular complexity index is 1670. The van der Waals surface area contributed by atoms with Gasteiger partial charge in [0.1, 0.15) is 54.2 Å². The number of ketones is 1. The number of carboxylic acids is 1. The normalized spacial score (nSPS) is 15.9. The molecule has 1 aliphatic heterocycles. The molecular formula is C39H64N10O11S. The molecule has 6 amide bonds. The second-order valence-electron chi connectivity index (χ2n) is 15.3. The zero-order valence-electron chi connectivity index (χ0n) is 35.7. The third-order valence-corrected chi connectivity index (χ3v) is 10.1. The highest BCUT2D eigenvalue weighted by molar-refractivity contribution is 8.00. The van der Waals surface area contributed by atoms with Crippen LogP contribution >= 0.6 is 11.8 Å². The maximum Gasteiger partial charge on any atom is 0.310 e. The number of carbonyl (C=O) groups excluding carboxylic acids is 7. The van der Waals surface area contributed by atoms with Crippen LogP contribution in [-0.4, -0.2) is 146 Å². The first-order chi connectivity index (χ1) is 28.5. The number of thioether (sulfide) groups is 1. The van der Waals surface area contributed by atoms with Crippen molar-refractivity contribution in [2.24, 2.45) is 22.2 Å². The summed E-state index contributed by atoms with van der Waals surface area (Å²) in [6.45, 7) is 10.5. The number of nitrogens with two attached hydrogens (primary N) is 3. The number of Topliss-reactive ketones (excluding diaryl/α,β-unsaturated/α-hetero) is 1. The van der Waals surface area contributed by atoms with Crippen LogP contribution in [0.2, 0.25) is 0 Å². The number of aliphatic hydroxyl groups is 1. The van der Waals surface area contributed by atoms with E-state index in [1.807, 2.05) is 20.8 Å². The lowest BCUT2D eigenvalue weighted by atomic mass is 10.0. The van der Waals surface area contributed by atoms with Gasteiger partial charge >= 0.3 is 5.97 Å². The van der Waals surface area contributed by atoms with Crippen LogP contribution in [0.4, 0.5) is 0 Å². The van der Waals surface area contributed by atoms with Crippen LogP contribution in [0.25, 0.3) is 0 Å². The van der Waals surface area contributed by atoms with E-state index >= 15 is 0 Å². The van der Waals surface area contributed by atoms with Gasteiger partial charge in [-0.05, 0) is 64.2 Å². The zero-order valence-corrected chi connectivity index (χ0v) is 36.5. The molecule has 0 spiro atoms. The molecular weight excluding hydrogens is 817 g/mol. The largest absolute Gasteiger partial charge is 0.508 e. The molecule has 0 bridgehead atoms. The fourth-order valence-electron chi connectivity index (χ4n) is 5.67. The molecule has 1 aliphatic rings. The van der Waals surface area contributed by atoms with Crippen molar-refractivity contribution >= 4 is 64.9 Å². The Balaban J connectivity index is 0.00000243. The van der Waals surface area contributed by atoms with Crippen molar-refractivity contribution in [2.75, 3.05) is 32.0 Å². The van der Waals surface area contributed by atoms with Crippen LogP contribution in [0.1, 0.15) is 79.2 Å². The molecule has 14 N–H and O–H groups in total. The number of hydrogen-bond donors (Lipinski definition) is 11. The second kappa shape index (κ2) is 26.7. The number of amides is 6. The molecule has 0 aromatic heterocycles. The summed E-state index contributed by atoms with van der Waals surface area (Å²) in [4.78, 5) is 105. The molecule has 1 fully saturated rings. The first-order valence-corrected chi connectivity index (χ1v) is 20.8. The SMILES string of the molecule is CC(=O)CC(=O)O.CCNC(=O)[C@@H]1CCCN1C(=O)[C@H](CCCN=C(N)N)NC(=O)[C@H](CSC(C)(C)C)NC(=O)[C@@H](C)NC(=O)[C@H](Cc1ccc(O)cc1)NC(=O)[C@@H](N)CO. The molecule has 0 saturated carbocycles. The molecule has 0 unspecified atom stereocenters. The summed E-state index contributed by atoms with van der Waals surface area (Å²) in [7, 11) is 0. The van der Waals surface area contributed by atoms with Crippen molar-refractivity contribution in [1.29, 1.82) is 0 Å².